The molecule has 1 aliphatic rings. The van der Waals surface area contributed by atoms with E-state index in [4.69, 9.17) is 13.8 Å². The molecule has 2 aromatic carbocycles. The van der Waals surface area contributed by atoms with E-state index in [2.05, 4.69) is 10.3 Å². The van der Waals surface area contributed by atoms with Crippen LogP contribution in [0.2, 0.25) is 0 Å². The highest BCUT2D eigenvalue weighted by Gasteiger charge is 2.41. The number of nitrogens with zero attached hydrogens (tertiary/aromatic N) is 1. The summed E-state index contributed by atoms with van der Waals surface area (Å²) in [5.41, 5.74) is 1.70. The summed E-state index contributed by atoms with van der Waals surface area (Å²) in [6.45, 7) is 3.93. The summed E-state index contributed by atoms with van der Waals surface area (Å²) in [7, 11) is -3.63. The molecule has 4 rings (SSSR count). The van der Waals surface area contributed by atoms with Gasteiger partial charge in [0.15, 0.2) is 11.5 Å². The maximum Gasteiger partial charge on any atom is 0.357 e. The number of halogens is 1. The van der Waals surface area contributed by atoms with Crippen LogP contribution in [0.1, 0.15) is 25.2 Å². The molecule has 28 heavy (non-hydrogen) atoms. The molecule has 3 aromatic rings. The zero-order valence-corrected chi connectivity index (χ0v) is 16.4. The molecular weight excluding hydrogens is 382 g/mol. The topological polar surface area (TPSA) is 69.7 Å². The highest BCUT2D eigenvalue weighted by molar-refractivity contribution is 7.54. The quantitative estimate of drug-likeness (QED) is 0.540. The van der Waals surface area contributed by atoms with Gasteiger partial charge in [-0.3, -0.25) is 4.57 Å². The lowest BCUT2D eigenvalue weighted by Crippen LogP contribution is -2.15. The summed E-state index contributed by atoms with van der Waals surface area (Å²) in [6.07, 6.45) is 0. The van der Waals surface area contributed by atoms with E-state index in [-0.39, 0.29) is 24.9 Å². The van der Waals surface area contributed by atoms with Crippen molar-refractivity contribution in [3.05, 3.63) is 59.9 Å². The predicted molar refractivity (Wildman–Crippen MR) is 105 cm³/mol. The largest absolute Gasteiger partial charge is 0.436 e. The van der Waals surface area contributed by atoms with Crippen LogP contribution in [-0.4, -0.2) is 18.2 Å². The minimum Gasteiger partial charge on any atom is -0.436 e. The van der Waals surface area contributed by atoms with Crippen molar-refractivity contribution in [2.24, 2.45) is 0 Å². The molecule has 0 saturated carbocycles. The van der Waals surface area contributed by atoms with Crippen LogP contribution in [0.4, 0.5) is 10.1 Å². The van der Waals surface area contributed by atoms with E-state index < -0.39 is 13.4 Å². The normalized spacial score (nSPS) is 15.9. The Morgan fingerprint density at radius 1 is 1.14 bits per heavy atom. The Labute approximate surface area is 162 Å². The van der Waals surface area contributed by atoms with Gasteiger partial charge in [0.1, 0.15) is 5.82 Å². The van der Waals surface area contributed by atoms with Crippen LogP contribution in [0, 0.1) is 5.82 Å². The van der Waals surface area contributed by atoms with Crippen molar-refractivity contribution in [1.29, 1.82) is 0 Å². The molecular formula is C20H20FN2O4P. The van der Waals surface area contributed by atoms with Gasteiger partial charge < -0.3 is 19.1 Å². The molecule has 8 heteroatoms. The van der Waals surface area contributed by atoms with E-state index in [0.29, 0.717) is 27.9 Å². The van der Waals surface area contributed by atoms with E-state index >= 15 is 0 Å². The first-order valence-electron chi connectivity index (χ1n) is 9.06. The maximum absolute atomic E-state index is 13.8. The first-order chi connectivity index (χ1) is 13.5. The van der Waals surface area contributed by atoms with E-state index in [9.17, 15) is 8.96 Å². The lowest BCUT2D eigenvalue weighted by molar-refractivity contribution is 0.214. The van der Waals surface area contributed by atoms with Crippen molar-refractivity contribution in [2.75, 3.05) is 18.5 Å². The van der Waals surface area contributed by atoms with Gasteiger partial charge in [-0.05, 0) is 50.2 Å². The van der Waals surface area contributed by atoms with Crippen LogP contribution in [0.15, 0.2) is 48.5 Å². The van der Waals surface area contributed by atoms with Crippen molar-refractivity contribution in [1.82, 2.24) is 4.98 Å². The number of hydrogen-bond acceptors (Lipinski definition) is 6. The third kappa shape index (κ3) is 3.37. The molecule has 0 fully saturated rings. The van der Waals surface area contributed by atoms with E-state index in [1.54, 1.807) is 32.0 Å². The molecule has 0 bridgehead atoms. The number of hydrogen-bond donors (Lipinski definition) is 1. The van der Waals surface area contributed by atoms with Crippen LogP contribution < -0.4 is 10.1 Å². The molecule has 1 unspecified atom stereocenters. The lowest BCUT2D eigenvalue weighted by atomic mass is 10.1. The summed E-state index contributed by atoms with van der Waals surface area (Å²) < 4.78 is 44.6. The fraction of sp³-hybridized carbons (Fsp3) is 0.250. The van der Waals surface area contributed by atoms with Crippen LogP contribution in [0.5, 0.6) is 11.6 Å². The zero-order valence-electron chi connectivity index (χ0n) is 15.5. The standard InChI is InChI=1S/C20H20FN2O4P/c1-3-25-28(24,26-4-2)20-15-12-13-11-14(21)9-10-16(13)22-19(15)27-18-8-6-5-7-17(18)23-20/h5-12,20,23H,3-4H2,1-2H3. The number of ether oxygens (including phenoxy) is 1. The Morgan fingerprint density at radius 3 is 2.64 bits per heavy atom. The number of fused-ring (bicyclic) bond motifs is 3. The van der Waals surface area contributed by atoms with Gasteiger partial charge in [0.2, 0.25) is 5.88 Å². The predicted octanol–water partition coefficient (Wildman–Crippen LogP) is 5.86. The molecule has 1 aromatic heterocycles. The van der Waals surface area contributed by atoms with Crippen molar-refractivity contribution in [3.8, 4) is 11.6 Å². The van der Waals surface area contributed by atoms with E-state index in [1.807, 2.05) is 18.2 Å². The third-order valence-electron chi connectivity index (χ3n) is 4.38. The van der Waals surface area contributed by atoms with Crippen molar-refractivity contribution < 1.29 is 22.7 Å². The monoisotopic (exact) mass is 402 g/mol. The summed E-state index contributed by atoms with van der Waals surface area (Å²) in [5, 5.41) is 3.80. The van der Waals surface area contributed by atoms with Gasteiger partial charge in [-0.15, -0.1) is 0 Å². The number of benzene rings is 2. The first kappa shape index (κ1) is 18.9. The summed E-state index contributed by atoms with van der Waals surface area (Å²) in [6, 6.07) is 13.3. The molecule has 1 aliphatic heterocycles. The van der Waals surface area contributed by atoms with Gasteiger partial charge in [-0.25, -0.2) is 9.37 Å². The van der Waals surface area contributed by atoms with Crippen LogP contribution in [-0.2, 0) is 13.6 Å². The van der Waals surface area contributed by atoms with E-state index in [1.165, 1.54) is 12.1 Å². The molecule has 2 heterocycles. The van der Waals surface area contributed by atoms with Crippen LogP contribution in [0.3, 0.4) is 0 Å². The van der Waals surface area contributed by atoms with Crippen LogP contribution >= 0.6 is 7.60 Å². The van der Waals surface area contributed by atoms with Crippen molar-refractivity contribution >= 4 is 24.2 Å². The molecule has 0 amide bonds. The number of aromatic nitrogens is 1. The fourth-order valence-electron chi connectivity index (χ4n) is 3.22. The number of para-hydroxylation sites is 2. The molecule has 146 valence electrons. The Kier molecular flexibility index (Phi) is 5.06. The van der Waals surface area contributed by atoms with E-state index in [0.717, 1.165) is 0 Å². The summed E-state index contributed by atoms with van der Waals surface area (Å²) in [5.74, 6) is -0.415. The van der Waals surface area contributed by atoms with Gasteiger partial charge in [0.05, 0.1) is 24.4 Å². The average molecular weight is 402 g/mol. The minimum absolute atomic E-state index is 0.211. The van der Waals surface area contributed by atoms with Gasteiger partial charge in [0, 0.05) is 10.9 Å². The highest BCUT2D eigenvalue weighted by Crippen LogP contribution is 2.63. The van der Waals surface area contributed by atoms with Gasteiger partial charge in [-0.1, -0.05) is 12.1 Å². The molecule has 0 saturated heterocycles. The molecule has 1 N–H and O–H groups in total. The summed E-state index contributed by atoms with van der Waals surface area (Å²) >= 11 is 0. The third-order valence-corrected chi connectivity index (χ3v) is 6.66. The maximum atomic E-state index is 13.8. The number of rotatable bonds is 5. The zero-order chi connectivity index (χ0) is 19.7. The second-order valence-corrected chi connectivity index (χ2v) is 8.35. The number of pyridine rings is 1. The van der Waals surface area contributed by atoms with Crippen LogP contribution in [0.25, 0.3) is 10.9 Å². The smallest absolute Gasteiger partial charge is 0.357 e. The summed E-state index contributed by atoms with van der Waals surface area (Å²) in [4.78, 5) is 4.54. The molecule has 0 aliphatic carbocycles. The molecule has 0 radical (unpaired) electrons. The second-order valence-electron chi connectivity index (χ2n) is 6.24. The Bertz CT molecular complexity index is 1070. The molecule has 6 nitrogen and oxygen atoms in total. The molecule has 1 atom stereocenters. The van der Waals surface area contributed by atoms with Gasteiger partial charge >= 0.3 is 7.60 Å². The second kappa shape index (κ2) is 7.51. The Morgan fingerprint density at radius 2 is 1.89 bits per heavy atom. The Hall–Kier alpha value is -2.47. The Balaban J connectivity index is 1.95. The van der Waals surface area contributed by atoms with Crippen molar-refractivity contribution in [3.63, 3.8) is 0 Å². The minimum atomic E-state index is -3.63. The highest BCUT2D eigenvalue weighted by atomic mass is 31.2. The van der Waals surface area contributed by atoms with Gasteiger partial charge in [-0.2, -0.15) is 0 Å². The fourth-order valence-corrected chi connectivity index (χ4v) is 5.14. The number of nitrogens with one attached hydrogen (secondary N) is 1. The molecule has 0 spiro atoms. The first-order valence-corrected chi connectivity index (χ1v) is 10.7. The SMILES string of the molecule is CCOP(=O)(OCC)C1Nc2ccccc2Oc2nc3ccc(F)cc3cc21. The number of anilines is 1. The average Bonchev–Trinajstić information content (AvgIpc) is 2.83. The van der Waals surface area contributed by atoms with Gasteiger partial charge in [0.25, 0.3) is 0 Å². The lowest BCUT2D eigenvalue weighted by Gasteiger charge is -2.27. The van der Waals surface area contributed by atoms with Crippen molar-refractivity contribution in [2.45, 2.75) is 19.6 Å².